The fourth-order valence-corrected chi connectivity index (χ4v) is 3.43. The van der Waals surface area contributed by atoms with Crippen LogP contribution in [0.4, 0.5) is 15.2 Å². The Bertz CT molecular complexity index is 1030. The van der Waals surface area contributed by atoms with Gasteiger partial charge in [0, 0.05) is 17.4 Å². The van der Waals surface area contributed by atoms with Crippen molar-refractivity contribution >= 4 is 32.4 Å². The number of fused-ring (bicyclic) bond motifs is 1. The molecule has 2 aromatic heterocycles. The standard InChI is InChI=1S/C19H14FN3OS/c1-24-16-8-13(10-21-11-16)12-2-7-17-18(9-12)25-19(23-17)22-15-5-3-14(20)4-6-15/h2-11H,1H3,(H,22,23). The average Bonchev–Trinajstić information content (AvgIpc) is 3.05. The molecule has 0 amide bonds. The van der Waals surface area contributed by atoms with Gasteiger partial charge in [-0.3, -0.25) is 4.98 Å². The number of ether oxygens (including phenoxy) is 1. The van der Waals surface area contributed by atoms with Crippen LogP contribution >= 0.6 is 11.3 Å². The van der Waals surface area contributed by atoms with Gasteiger partial charge < -0.3 is 10.1 Å². The number of aromatic nitrogens is 2. The molecule has 0 fully saturated rings. The zero-order valence-electron chi connectivity index (χ0n) is 13.4. The van der Waals surface area contributed by atoms with Crippen LogP contribution in [0.25, 0.3) is 21.3 Å². The van der Waals surface area contributed by atoms with E-state index in [-0.39, 0.29) is 5.82 Å². The molecule has 124 valence electrons. The SMILES string of the molecule is COc1cncc(-c2ccc3nc(Nc4ccc(F)cc4)sc3c2)c1. The molecule has 0 saturated carbocycles. The van der Waals surface area contributed by atoms with E-state index in [1.165, 1.54) is 12.1 Å². The highest BCUT2D eigenvalue weighted by atomic mass is 32.1. The van der Waals surface area contributed by atoms with Crippen LogP contribution in [0.2, 0.25) is 0 Å². The van der Waals surface area contributed by atoms with Crippen LogP contribution in [0.1, 0.15) is 0 Å². The van der Waals surface area contributed by atoms with Gasteiger partial charge in [0.2, 0.25) is 0 Å². The van der Waals surface area contributed by atoms with Crippen molar-refractivity contribution in [1.29, 1.82) is 0 Å². The van der Waals surface area contributed by atoms with Crippen LogP contribution in [0, 0.1) is 5.82 Å². The van der Waals surface area contributed by atoms with Gasteiger partial charge in [0.25, 0.3) is 0 Å². The predicted molar refractivity (Wildman–Crippen MR) is 99.1 cm³/mol. The number of nitrogens with one attached hydrogen (secondary N) is 1. The second-order valence-corrected chi connectivity index (χ2v) is 6.48. The number of hydrogen-bond donors (Lipinski definition) is 1. The van der Waals surface area contributed by atoms with Gasteiger partial charge >= 0.3 is 0 Å². The fourth-order valence-electron chi connectivity index (χ4n) is 2.50. The van der Waals surface area contributed by atoms with Gasteiger partial charge in [0.1, 0.15) is 11.6 Å². The maximum atomic E-state index is 13.0. The lowest BCUT2D eigenvalue weighted by atomic mass is 10.1. The van der Waals surface area contributed by atoms with Crippen molar-refractivity contribution in [2.75, 3.05) is 12.4 Å². The van der Waals surface area contributed by atoms with Crippen LogP contribution in [-0.2, 0) is 0 Å². The first kappa shape index (κ1) is 15.5. The number of rotatable bonds is 4. The summed E-state index contributed by atoms with van der Waals surface area (Å²) < 4.78 is 19.3. The van der Waals surface area contributed by atoms with E-state index < -0.39 is 0 Å². The van der Waals surface area contributed by atoms with Crippen molar-refractivity contribution in [1.82, 2.24) is 9.97 Å². The highest BCUT2D eigenvalue weighted by Gasteiger charge is 2.07. The molecule has 0 saturated heterocycles. The number of thiazole rings is 1. The molecule has 0 spiro atoms. The quantitative estimate of drug-likeness (QED) is 0.545. The van der Waals surface area contributed by atoms with E-state index in [2.05, 4.69) is 21.4 Å². The normalized spacial score (nSPS) is 10.8. The van der Waals surface area contributed by atoms with Crippen molar-refractivity contribution in [3.8, 4) is 16.9 Å². The Balaban J connectivity index is 1.65. The fraction of sp³-hybridized carbons (Fsp3) is 0.0526. The van der Waals surface area contributed by atoms with E-state index in [0.717, 1.165) is 37.9 Å². The Morgan fingerprint density at radius 1 is 1.00 bits per heavy atom. The van der Waals surface area contributed by atoms with E-state index in [1.807, 2.05) is 24.4 Å². The highest BCUT2D eigenvalue weighted by molar-refractivity contribution is 7.22. The molecule has 2 heterocycles. The first-order chi connectivity index (χ1) is 12.2. The molecule has 0 aliphatic rings. The van der Waals surface area contributed by atoms with E-state index in [4.69, 9.17) is 4.74 Å². The van der Waals surface area contributed by atoms with E-state index >= 15 is 0 Å². The molecule has 2 aromatic carbocycles. The van der Waals surface area contributed by atoms with E-state index in [1.54, 1.807) is 36.8 Å². The Hall–Kier alpha value is -2.99. The molecule has 0 radical (unpaired) electrons. The minimum atomic E-state index is -0.258. The molecule has 0 unspecified atom stereocenters. The number of methoxy groups -OCH3 is 1. The monoisotopic (exact) mass is 351 g/mol. The third-order valence-electron chi connectivity index (χ3n) is 3.77. The second-order valence-electron chi connectivity index (χ2n) is 5.45. The summed E-state index contributed by atoms with van der Waals surface area (Å²) in [6, 6.07) is 14.2. The summed E-state index contributed by atoms with van der Waals surface area (Å²) in [5, 5.41) is 3.97. The minimum absolute atomic E-state index is 0.258. The lowest BCUT2D eigenvalue weighted by molar-refractivity contribution is 0.413. The Labute approximate surface area is 148 Å². The number of halogens is 1. The summed E-state index contributed by atoms with van der Waals surface area (Å²) >= 11 is 1.55. The Morgan fingerprint density at radius 3 is 2.64 bits per heavy atom. The number of nitrogens with zero attached hydrogens (tertiary/aromatic N) is 2. The number of anilines is 2. The Morgan fingerprint density at radius 2 is 1.84 bits per heavy atom. The summed E-state index contributed by atoms with van der Waals surface area (Å²) in [6.07, 6.45) is 3.49. The van der Waals surface area contributed by atoms with Crippen LogP contribution in [0.5, 0.6) is 5.75 Å². The highest BCUT2D eigenvalue weighted by Crippen LogP contribution is 2.32. The largest absolute Gasteiger partial charge is 0.495 e. The first-order valence-corrected chi connectivity index (χ1v) is 8.45. The first-order valence-electron chi connectivity index (χ1n) is 7.64. The molecule has 4 rings (SSSR count). The topological polar surface area (TPSA) is 47.0 Å². The van der Waals surface area contributed by atoms with Gasteiger partial charge in [-0.25, -0.2) is 9.37 Å². The van der Waals surface area contributed by atoms with Gasteiger partial charge in [0.15, 0.2) is 5.13 Å². The van der Waals surface area contributed by atoms with Crippen molar-refractivity contribution in [3.63, 3.8) is 0 Å². The van der Waals surface area contributed by atoms with Crippen LogP contribution < -0.4 is 10.1 Å². The van der Waals surface area contributed by atoms with Gasteiger partial charge in [-0.2, -0.15) is 0 Å². The van der Waals surface area contributed by atoms with Crippen molar-refractivity contribution in [2.45, 2.75) is 0 Å². The second kappa shape index (κ2) is 6.49. The Kier molecular flexibility index (Phi) is 4.03. The number of benzene rings is 2. The molecule has 25 heavy (non-hydrogen) atoms. The lowest BCUT2D eigenvalue weighted by Crippen LogP contribution is -1.88. The molecule has 4 nitrogen and oxygen atoms in total. The van der Waals surface area contributed by atoms with E-state index in [9.17, 15) is 4.39 Å². The van der Waals surface area contributed by atoms with Crippen molar-refractivity contribution in [2.24, 2.45) is 0 Å². The van der Waals surface area contributed by atoms with Crippen molar-refractivity contribution < 1.29 is 9.13 Å². The van der Waals surface area contributed by atoms with Gasteiger partial charge in [-0.15, -0.1) is 0 Å². The molecule has 0 aliphatic carbocycles. The maximum absolute atomic E-state index is 13.0. The zero-order valence-corrected chi connectivity index (χ0v) is 14.2. The molecule has 0 atom stereocenters. The average molecular weight is 351 g/mol. The third-order valence-corrected chi connectivity index (χ3v) is 4.70. The molecule has 1 N–H and O–H groups in total. The van der Waals surface area contributed by atoms with Crippen LogP contribution in [0.15, 0.2) is 60.9 Å². The van der Waals surface area contributed by atoms with Crippen LogP contribution in [-0.4, -0.2) is 17.1 Å². The smallest absolute Gasteiger partial charge is 0.188 e. The molecular formula is C19H14FN3OS. The van der Waals surface area contributed by atoms with E-state index in [0.29, 0.717) is 0 Å². The van der Waals surface area contributed by atoms with Gasteiger partial charge in [-0.1, -0.05) is 17.4 Å². The third kappa shape index (κ3) is 3.29. The predicted octanol–water partition coefficient (Wildman–Crippen LogP) is 5.25. The van der Waals surface area contributed by atoms with Gasteiger partial charge in [0.05, 0.1) is 23.5 Å². The molecular weight excluding hydrogens is 337 g/mol. The summed E-state index contributed by atoms with van der Waals surface area (Å²) in [6.45, 7) is 0. The van der Waals surface area contributed by atoms with Crippen LogP contribution in [0.3, 0.4) is 0 Å². The van der Waals surface area contributed by atoms with Gasteiger partial charge in [-0.05, 0) is 48.0 Å². The summed E-state index contributed by atoms with van der Waals surface area (Å²) in [5.74, 6) is 0.465. The molecule has 0 aliphatic heterocycles. The maximum Gasteiger partial charge on any atom is 0.188 e. The summed E-state index contributed by atoms with van der Waals surface area (Å²) in [5.41, 5.74) is 3.76. The minimum Gasteiger partial charge on any atom is -0.495 e. The summed E-state index contributed by atoms with van der Waals surface area (Å²) in [7, 11) is 1.63. The zero-order chi connectivity index (χ0) is 17.2. The molecule has 0 bridgehead atoms. The van der Waals surface area contributed by atoms with Crippen molar-refractivity contribution in [3.05, 3.63) is 66.7 Å². The molecule has 4 aromatic rings. The number of hydrogen-bond acceptors (Lipinski definition) is 5. The molecule has 6 heteroatoms. The summed E-state index contributed by atoms with van der Waals surface area (Å²) in [4.78, 5) is 8.77. The number of pyridine rings is 1. The lowest BCUT2D eigenvalue weighted by Gasteiger charge is -2.03.